The molecule has 26 heavy (non-hydrogen) atoms. The number of nitrogens with zero attached hydrogens (tertiary/aromatic N) is 2. The zero-order chi connectivity index (χ0) is 17.8. The second kappa shape index (κ2) is 7.30. The minimum Gasteiger partial charge on any atom is -0.489 e. The van der Waals surface area contributed by atoms with Crippen LogP contribution in [0.15, 0.2) is 54.7 Å². The van der Waals surface area contributed by atoms with Crippen LogP contribution in [0.5, 0.6) is 17.2 Å². The summed E-state index contributed by atoms with van der Waals surface area (Å²) in [5.74, 6) is 2.10. The number of benzene rings is 2. The summed E-state index contributed by atoms with van der Waals surface area (Å²) in [6.07, 6.45) is 2.87. The Balaban J connectivity index is 1.55. The Morgan fingerprint density at radius 2 is 2.00 bits per heavy atom. The van der Waals surface area contributed by atoms with Crippen LogP contribution in [-0.4, -0.2) is 29.4 Å². The van der Waals surface area contributed by atoms with Crippen LogP contribution in [-0.2, 0) is 0 Å². The topological polar surface area (TPSA) is 83.0 Å². The van der Waals surface area contributed by atoms with Gasteiger partial charge >= 0.3 is 0 Å². The van der Waals surface area contributed by atoms with E-state index in [2.05, 4.69) is 21.6 Å². The van der Waals surface area contributed by atoms with Gasteiger partial charge in [-0.25, -0.2) is 0 Å². The molecule has 3 aromatic rings. The second-order valence-corrected chi connectivity index (χ2v) is 6.11. The standard InChI is InChI=1S/C20H18N4O2/c21-11-14-4-6-16(7-5-14)26-19-13-23-24-20(19)15-2-1-3-17(10-15)25-18-8-9-22-12-18/h1-7,10,13,18,22H,8-9,12H2,(H,23,24). The number of ether oxygens (including phenoxy) is 2. The lowest BCUT2D eigenvalue weighted by atomic mass is 10.1. The summed E-state index contributed by atoms with van der Waals surface area (Å²) < 4.78 is 12.0. The SMILES string of the molecule is N#Cc1ccc(Oc2cn[nH]c2-c2cccc(OC3CCNC3)c2)cc1. The molecule has 2 heterocycles. The molecule has 0 amide bonds. The van der Waals surface area contributed by atoms with E-state index in [9.17, 15) is 0 Å². The zero-order valence-electron chi connectivity index (χ0n) is 14.1. The van der Waals surface area contributed by atoms with E-state index >= 15 is 0 Å². The summed E-state index contributed by atoms with van der Waals surface area (Å²) in [7, 11) is 0. The highest BCUT2D eigenvalue weighted by Crippen LogP contribution is 2.33. The molecule has 0 bridgehead atoms. The van der Waals surface area contributed by atoms with Crippen molar-refractivity contribution in [2.24, 2.45) is 0 Å². The molecule has 0 aliphatic carbocycles. The van der Waals surface area contributed by atoms with Crippen molar-refractivity contribution in [1.29, 1.82) is 5.26 Å². The summed E-state index contributed by atoms with van der Waals surface area (Å²) in [5, 5.41) is 19.3. The third kappa shape index (κ3) is 3.53. The minimum absolute atomic E-state index is 0.210. The van der Waals surface area contributed by atoms with Gasteiger partial charge < -0.3 is 14.8 Å². The highest BCUT2D eigenvalue weighted by molar-refractivity contribution is 5.67. The second-order valence-electron chi connectivity index (χ2n) is 6.11. The molecule has 1 atom stereocenters. The molecule has 1 aromatic heterocycles. The van der Waals surface area contributed by atoms with E-state index in [0.29, 0.717) is 17.1 Å². The predicted octanol–water partition coefficient (Wildman–Crippen LogP) is 3.48. The number of aromatic amines is 1. The smallest absolute Gasteiger partial charge is 0.172 e. The lowest BCUT2D eigenvalue weighted by Crippen LogP contribution is -2.19. The van der Waals surface area contributed by atoms with Gasteiger partial charge in [0.2, 0.25) is 0 Å². The molecule has 0 spiro atoms. The molecule has 1 aliphatic heterocycles. The molecule has 1 saturated heterocycles. The van der Waals surface area contributed by atoms with Crippen molar-refractivity contribution in [3.63, 3.8) is 0 Å². The first-order valence-corrected chi connectivity index (χ1v) is 8.51. The largest absolute Gasteiger partial charge is 0.489 e. The van der Waals surface area contributed by atoms with Gasteiger partial charge in [0, 0.05) is 12.1 Å². The number of hydrogen-bond donors (Lipinski definition) is 2. The van der Waals surface area contributed by atoms with Crippen molar-refractivity contribution in [1.82, 2.24) is 15.5 Å². The maximum absolute atomic E-state index is 8.88. The molecular weight excluding hydrogens is 328 g/mol. The van der Waals surface area contributed by atoms with E-state index in [1.165, 1.54) is 0 Å². The molecule has 2 N–H and O–H groups in total. The van der Waals surface area contributed by atoms with Crippen LogP contribution in [0.3, 0.4) is 0 Å². The number of H-pyrrole nitrogens is 1. The Morgan fingerprint density at radius 3 is 2.77 bits per heavy atom. The normalized spacial score (nSPS) is 16.2. The van der Waals surface area contributed by atoms with Crippen LogP contribution in [0.25, 0.3) is 11.3 Å². The summed E-state index contributed by atoms with van der Waals surface area (Å²) in [5.41, 5.74) is 2.31. The first kappa shape index (κ1) is 16.2. The Kier molecular flexibility index (Phi) is 4.54. The van der Waals surface area contributed by atoms with E-state index in [1.54, 1.807) is 30.5 Å². The van der Waals surface area contributed by atoms with Crippen LogP contribution >= 0.6 is 0 Å². The van der Waals surface area contributed by atoms with Crippen molar-refractivity contribution in [2.45, 2.75) is 12.5 Å². The van der Waals surface area contributed by atoms with Crippen LogP contribution < -0.4 is 14.8 Å². The fraction of sp³-hybridized carbons (Fsp3) is 0.200. The third-order valence-electron chi connectivity index (χ3n) is 4.26. The molecule has 1 fully saturated rings. The van der Waals surface area contributed by atoms with Crippen LogP contribution in [0.4, 0.5) is 0 Å². The number of nitrogens with one attached hydrogen (secondary N) is 2. The van der Waals surface area contributed by atoms with Gasteiger partial charge in [-0.3, -0.25) is 5.10 Å². The monoisotopic (exact) mass is 346 g/mol. The maximum atomic E-state index is 8.88. The first-order valence-electron chi connectivity index (χ1n) is 8.51. The number of nitriles is 1. The molecule has 6 heteroatoms. The van der Waals surface area contributed by atoms with E-state index in [1.807, 2.05) is 24.3 Å². The van der Waals surface area contributed by atoms with Gasteiger partial charge in [-0.15, -0.1) is 0 Å². The van der Waals surface area contributed by atoms with Crippen molar-refractivity contribution in [3.8, 4) is 34.6 Å². The number of rotatable bonds is 5. The Morgan fingerprint density at radius 1 is 1.12 bits per heavy atom. The highest BCUT2D eigenvalue weighted by Gasteiger charge is 2.17. The van der Waals surface area contributed by atoms with Gasteiger partial charge in [0.1, 0.15) is 23.3 Å². The fourth-order valence-corrected chi connectivity index (χ4v) is 2.93. The van der Waals surface area contributed by atoms with Gasteiger partial charge in [-0.05, 0) is 49.4 Å². The molecule has 1 aliphatic rings. The van der Waals surface area contributed by atoms with E-state index < -0.39 is 0 Å². The Bertz CT molecular complexity index is 921. The van der Waals surface area contributed by atoms with Crippen molar-refractivity contribution in [2.75, 3.05) is 13.1 Å². The van der Waals surface area contributed by atoms with E-state index in [-0.39, 0.29) is 6.10 Å². The number of aromatic nitrogens is 2. The van der Waals surface area contributed by atoms with Gasteiger partial charge in [-0.2, -0.15) is 10.4 Å². The molecule has 4 rings (SSSR count). The van der Waals surface area contributed by atoms with Crippen LogP contribution in [0.2, 0.25) is 0 Å². The van der Waals surface area contributed by atoms with Gasteiger partial charge in [0.05, 0.1) is 17.8 Å². The summed E-state index contributed by atoms with van der Waals surface area (Å²) in [6, 6.07) is 17.0. The minimum atomic E-state index is 0.210. The molecule has 130 valence electrons. The molecule has 0 radical (unpaired) electrons. The van der Waals surface area contributed by atoms with Crippen molar-refractivity contribution in [3.05, 3.63) is 60.3 Å². The first-order chi connectivity index (χ1) is 12.8. The fourth-order valence-electron chi connectivity index (χ4n) is 2.93. The lowest BCUT2D eigenvalue weighted by Gasteiger charge is -2.13. The molecule has 6 nitrogen and oxygen atoms in total. The predicted molar refractivity (Wildman–Crippen MR) is 97.2 cm³/mol. The molecule has 0 saturated carbocycles. The van der Waals surface area contributed by atoms with Crippen LogP contribution in [0.1, 0.15) is 12.0 Å². The highest BCUT2D eigenvalue weighted by atomic mass is 16.5. The van der Waals surface area contributed by atoms with E-state index in [4.69, 9.17) is 14.7 Å². The van der Waals surface area contributed by atoms with Gasteiger partial charge in [-0.1, -0.05) is 12.1 Å². The Hall–Kier alpha value is -3.30. The van der Waals surface area contributed by atoms with Gasteiger partial charge in [0.25, 0.3) is 0 Å². The zero-order valence-corrected chi connectivity index (χ0v) is 14.1. The summed E-state index contributed by atoms with van der Waals surface area (Å²) in [6.45, 7) is 1.87. The van der Waals surface area contributed by atoms with Gasteiger partial charge in [0.15, 0.2) is 5.75 Å². The Labute approximate surface area is 151 Å². The summed E-state index contributed by atoms with van der Waals surface area (Å²) >= 11 is 0. The molecular formula is C20H18N4O2. The number of hydrogen-bond acceptors (Lipinski definition) is 5. The average Bonchev–Trinajstić information content (AvgIpc) is 3.35. The lowest BCUT2D eigenvalue weighted by molar-refractivity contribution is 0.223. The van der Waals surface area contributed by atoms with Crippen molar-refractivity contribution >= 4 is 0 Å². The van der Waals surface area contributed by atoms with Crippen molar-refractivity contribution < 1.29 is 9.47 Å². The quantitative estimate of drug-likeness (QED) is 0.739. The maximum Gasteiger partial charge on any atom is 0.172 e. The van der Waals surface area contributed by atoms with Crippen LogP contribution in [0, 0.1) is 11.3 Å². The molecule has 2 aromatic carbocycles. The average molecular weight is 346 g/mol. The third-order valence-corrected chi connectivity index (χ3v) is 4.26. The summed E-state index contributed by atoms with van der Waals surface area (Å²) in [4.78, 5) is 0. The van der Waals surface area contributed by atoms with E-state index in [0.717, 1.165) is 36.5 Å². The molecule has 1 unspecified atom stereocenters.